The van der Waals surface area contributed by atoms with Crippen LogP contribution >= 0.6 is 0 Å². The Labute approximate surface area is 116 Å². The molecule has 1 saturated heterocycles. The van der Waals surface area contributed by atoms with Crippen LogP contribution in [0, 0.1) is 0 Å². The van der Waals surface area contributed by atoms with Gasteiger partial charge >= 0.3 is 0 Å². The standard InChI is InChI=1S/C12H18N4O4/c1-9(17)13-6-12(19)7-16(4-5-20-8-12)11(18)10-2-3-14-15-10/h2-3,19H,4-8H2,1H3,(H,13,17)(H,14,15). The lowest BCUT2D eigenvalue weighted by Gasteiger charge is -2.30. The molecule has 0 saturated carbocycles. The first-order valence-electron chi connectivity index (χ1n) is 6.33. The molecule has 8 nitrogen and oxygen atoms in total. The van der Waals surface area contributed by atoms with E-state index < -0.39 is 5.60 Å². The van der Waals surface area contributed by atoms with E-state index in [0.717, 1.165) is 0 Å². The second kappa shape index (κ2) is 6.02. The molecule has 0 radical (unpaired) electrons. The summed E-state index contributed by atoms with van der Waals surface area (Å²) in [6, 6.07) is 1.57. The number of aromatic amines is 1. The zero-order chi connectivity index (χ0) is 14.6. The number of nitrogens with one attached hydrogen (secondary N) is 2. The molecule has 0 bridgehead atoms. The number of ether oxygens (including phenoxy) is 1. The highest BCUT2D eigenvalue weighted by Gasteiger charge is 2.35. The Balaban J connectivity index is 2.06. The highest BCUT2D eigenvalue weighted by molar-refractivity contribution is 5.92. The molecular weight excluding hydrogens is 264 g/mol. The number of amides is 2. The van der Waals surface area contributed by atoms with Crippen LogP contribution in [0.4, 0.5) is 0 Å². The summed E-state index contributed by atoms with van der Waals surface area (Å²) in [4.78, 5) is 24.7. The second-order valence-corrected chi connectivity index (χ2v) is 4.88. The van der Waals surface area contributed by atoms with Gasteiger partial charge in [-0.05, 0) is 6.07 Å². The number of H-pyrrole nitrogens is 1. The summed E-state index contributed by atoms with van der Waals surface area (Å²) in [5, 5.41) is 19.3. The minimum Gasteiger partial charge on any atom is -0.384 e. The third-order valence-corrected chi connectivity index (χ3v) is 3.05. The van der Waals surface area contributed by atoms with E-state index in [0.29, 0.717) is 18.8 Å². The fourth-order valence-electron chi connectivity index (χ4n) is 2.03. The summed E-state index contributed by atoms with van der Waals surface area (Å²) < 4.78 is 5.32. The Kier molecular flexibility index (Phi) is 4.35. The molecule has 20 heavy (non-hydrogen) atoms. The maximum Gasteiger partial charge on any atom is 0.272 e. The van der Waals surface area contributed by atoms with Crippen molar-refractivity contribution in [3.05, 3.63) is 18.0 Å². The summed E-state index contributed by atoms with van der Waals surface area (Å²) in [5.41, 5.74) is -0.938. The van der Waals surface area contributed by atoms with Crippen molar-refractivity contribution in [2.45, 2.75) is 12.5 Å². The number of carbonyl (C=O) groups is 2. The summed E-state index contributed by atoms with van der Waals surface area (Å²) in [6.45, 7) is 2.27. The quantitative estimate of drug-likeness (QED) is 0.642. The van der Waals surface area contributed by atoms with Crippen molar-refractivity contribution >= 4 is 11.8 Å². The van der Waals surface area contributed by atoms with E-state index >= 15 is 0 Å². The molecule has 3 N–H and O–H groups in total. The molecule has 1 aliphatic rings. The van der Waals surface area contributed by atoms with Crippen LogP contribution < -0.4 is 5.32 Å². The number of nitrogens with zero attached hydrogens (tertiary/aromatic N) is 2. The topological polar surface area (TPSA) is 108 Å². The van der Waals surface area contributed by atoms with Gasteiger partial charge in [-0.25, -0.2) is 0 Å². The molecule has 0 aromatic carbocycles. The van der Waals surface area contributed by atoms with Gasteiger partial charge in [0.1, 0.15) is 11.3 Å². The summed E-state index contributed by atoms with van der Waals surface area (Å²) >= 11 is 0. The Morgan fingerprint density at radius 3 is 3.10 bits per heavy atom. The molecule has 0 spiro atoms. The average molecular weight is 282 g/mol. The van der Waals surface area contributed by atoms with E-state index in [2.05, 4.69) is 15.5 Å². The number of hydrogen-bond donors (Lipinski definition) is 3. The van der Waals surface area contributed by atoms with E-state index in [9.17, 15) is 14.7 Å². The van der Waals surface area contributed by atoms with Gasteiger partial charge in [0.05, 0.1) is 26.3 Å². The van der Waals surface area contributed by atoms with Crippen LogP contribution in [0.3, 0.4) is 0 Å². The molecule has 1 aliphatic heterocycles. The second-order valence-electron chi connectivity index (χ2n) is 4.88. The van der Waals surface area contributed by atoms with Crippen molar-refractivity contribution in [3.63, 3.8) is 0 Å². The predicted octanol–water partition coefficient (Wildman–Crippen LogP) is -1.25. The van der Waals surface area contributed by atoms with Gasteiger partial charge in [0.25, 0.3) is 5.91 Å². The molecule has 1 atom stereocenters. The third kappa shape index (κ3) is 3.55. The first kappa shape index (κ1) is 14.5. The summed E-state index contributed by atoms with van der Waals surface area (Å²) in [5.74, 6) is -0.497. The van der Waals surface area contributed by atoms with Crippen LogP contribution in [0.1, 0.15) is 17.4 Å². The molecule has 2 amide bonds. The first-order chi connectivity index (χ1) is 9.50. The number of aliphatic hydroxyl groups is 1. The Hall–Kier alpha value is -1.93. The fraction of sp³-hybridized carbons (Fsp3) is 0.583. The molecule has 0 aliphatic carbocycles. The lowest BCUT2D eigenvalue weighted by molar-refractivity contribution is -0.120. The SMILES string of the molecule is CC(=O)NCC1(O)COCCN(C(=O)c2ccn[nH]2)C1. The van der Waals surface area contributed by atoms with Crippen molar-refractivity contribution in [1.29, 1.82) is 0 Å². The number of hydrogen-bond acceptors (Lipinski definition) is 5. The van der Waals surface area contributed by atoms with Crippen molar-refractivity contribution in [3.8, 4) is 0 Å². The van der Waals surface area contributed by atoms with E-state index in [-0.39, 0.29) is 31.5 Å². The molecular formula is C12H18N4O4. The van der Waals surface area contributed by atoms with Crippen molar-refractivity contribution in [2.24, 2.45) is 0 Å². The number of β-amino-alcohol motifs (C(OH)–C–C–N with tert-alkyl or cyclic N) is 1. The Bertz CT molecular complexity index is 476. The minimum absolute atomic E-state index is 0.0368. The van der Waals surface area contributed by atoms with Crippen LogP contribution in [0.25, 0.3) is 0 Å². The molecule has 110 valence electrons. The molecule has 1 aromatic rings. The number of rotatable bonds is 3. The van der Waals surface area contributed by atoms with Crippen molar-refractivity contribution < 1.29 is 19.4 Å². The van der Waals surface area contributed by atoms with Crippen LogP contribution in [-0.2, 0) is 9.53 Å². The van der Waals surface area contributed by atoms with E-state index in [4.69, 9.17) is 4.74 Å². The van der Waals surface area contributed by atoms with E-state index in [1.807, 2.05) is 0 Å². The monoisotopic (exact) mass is 282 g/mol. The zero-order valence-electron chi connectivity index (χ0n) is 11.3. The minimum atomic E-state index is -1.29. The van der Waals surface area contributed by atoms with Gasteiger partial charge < -0.3 is 20.1 Å². The largest absolute Gasteiger partial charge is 0.384 e. The fourth-order valence-corrected chi connectivity index (χ4v) is 2.03. The normalized spacial score (nSPS) is 23.2. The maximum absolute atomic E-state index is 12.2. The predicted molar refractivity (Wildman–Crippen MR) is 68.9 cm³/mol. The lowest BCUT2D eigenvalue weighted by Crippen LogP contribution is -2.53. The van der Waals surface area contributed by atoms with Gasteiger partial charge in [0, 0.05) is 19.7 Å². The number of aromatic nitrogens is 2. The molecule has 2 heterocycles. The Morgan fingerprint density at radius 1 is 1.65 bits per heavy atom. The Morgan fingerprint density at radius 2 is 2.45 bits per heavy atom. The van der Waals surface area contributed by atoms with E-state index in [1.165, 1.54) is 18.0 Å². The first-order valence-corrected chi connectivity index (χ1v) is 6.33. The maximum atomic E-state index is 12.2. The zero-order valence-corrected chi connectivity index (χ0v) is 11.3. The van der Waals surface area contributed by atoms with Gasteiger partial charge in [0.2, 0.25) is 5.91 Å². The van der Waals surface area contributed by atoms with Crippen LogP contribution in [0.2, 0.25) is 0 Å². The molecule has 1 fully saturated rings. The number of carbonyl (C=O) groups excluding carboxylic acids is 2. The van der Waals surface area contributed by atoms with Crippen molar-refractivity contribution in [2.75, 3.05) is 32.8 Å². The summed E-state index contributed by atoms with van der Waals surface area (Å²) in [7, 11) is 0. The smallest absolute Gasteiger partial charge is 0.272 e. The highest BCUT2D eigenvalue weighted by atomic mass is 16.5. The molecule has 1 unspecified atom stereocenters. The highest BCUT2D eigenvalue weighted by Crippen LogP contribution is 2.14. The summed E-state index contributed by atoms with van der Waals surface area (Å²) in [6.07, 6.45) is 1.49. The lowest BCUT2D eigenvalue weighted by atomic mass is 10.0. The average Bonchev–Trinajstić information content (AvgIpc) is 2.86. The molecule has 2 rings (SSSR count). The van der Waals surface area contributed by atoms with Crippen LogP contribution in [0.5, 0.6) is 0 Å². The van der Waals surface area contributed by atoms with Gasteiger partial charge in [-0.1, -0.05) is 0 Å². The van der Waals surface area contributed by atoms with Gasteiger partial charge in [0.15, 0.2) is 0 Å². The molecule has 8 heteroatoms. The van der Waals surface area contributed by atoms with Crippen molar-refractivity contribution in [1.82, 2.24) is 20.4 Å². The van der Waals surface area contributed by atoms with Gasteiger partial charge in [-0.15, -0.1) is 0 Å². The third-order valence-electron chi connectivity index (χ3n) is 3.05. The van der Waals surface area contributed by atoms with Crippen LogP contribution in [0.15, 0.2) is 12.3 Å². The van der Waals surface area contributed by atoms with Gasteiger partial charge in [-0.2, -0.15) is 5.10 Å². The van der Waals surface area contributed by atoms with Gasteiger partial charge in [-0.3, -0.25) is 14.7 Å². The van der Waals surface area contributed by atoms with E-state index in [1.54, 1.807) is 6.07 Å². The molecule has 1 aromatic heterocycles. The van der Waals surface area contributed by atoms with Crippen LogP contribution in [-0.4, -0.2) is 70.5 Å².